The topological polar surface area (TPSA) is 98.8 Å². The summed E-state index contributed by atoms with van der Waals surface area (Å²) in [7, 11) is -2.15. The summed E-state index contributed by atoms with van der Waals surface area (Å²) < 4.78 is 24.7. The normalized spacial score (nSPS) is 14.0. The van der Waals surface area contributed by atoms with Crippen LogP contribution < -0.4 is 15.9 Å². The minimum Gasteiger partial charge on any atom is -0.465 e. The lowest BCUT2D eigenvalue weighted by Gasteiger charge is -2.27. The molecule has 1 saturated carbocycles. The minimum atomic E-state index is -3.39. The number of esters is 2. The molecule has 0 aliphatic heterocycles. The summed E-state index contributed by atoms with van der Waals surface area (Å²) in [5, 5.41) is 2.51. The zero-order chi connectivity index (χ0) is 24.2. The summed E-state index contributed by atoms with van der Waals surface area (Å²) in [6.07, 6.45) is 0.805. The number of ether oxygens (including phenoxy) is 2. The van der Waals surface area contributed by atoms with E-state index in [-0.39, 0.29) is 11.3 Å². The lowest BCUT2D eigenvalue weighted by molar-refractivity contribution is -0.147. The number of nitrogens with one attached hydrogen (secondary N) is 1. The number of hydrogen-bond acceptors (Lipinski definition) is 6. The molecule has 1 aliphatic carbocycles. The van der Waals surface area contributed by atoms with Gasteiger partial charge in [-0.15, -0.1) is 0 Å². The molecule has 0 spiro atoms. The van der Waals surface area contributed by atoms with E-state index in [1.807, 2.05) is 12.1 Å². The highest BCUT2D eigenvalue weighted by molar-refractivity contribution is 7.81. The molecule has 1 aliphatic rings. The number of para-hydroxylation sites is 1. The smallest absolute Gasteiger partial charge is 0.339 e. The first kappa shape index (κ1) is 23.5. The number of benzene rings is 3. The van der Waals surface area contributed by atoms with Crippen molar-refractivity contribution in [3.63, 3.8) is 0 Å². The van der Waals surface area contributed by atoms with Crippen LogP contribution in [0.3, 0.4) is 0 Å². The average molecular weight is 477 g/mol. The van der Waals surface area contributed by atoms with Crippen LogP contribution in [-0.4, -0.2) is 36.7 Å². The van der Waals surface area contributed by atoms with Crippen molar-refractivity contribution in [2.75, 3.05) is 19.0 Å². The molecule has 0 saturated heterocycles. The van der Waals surface area contributed by atoms with Crippen molar-refractivity contribution in [3.05, 3.63) is 90.5 Å². The van der Waals surface area contributed by atoms with Gasteiger partial charge in [0.2, 0.25) is 0 Å². The van der Waals surface area contributed by atoms with Gasteiger partial charge in [0.1, 0.15) is 5.16 Å². The van der Waals surface area contributed by atoms with Crippen LogP contribution in [0.2, 0.25) is 0 Å². The molecule has 0 heterocycles. The molecule has 8 heteroatoms. The Labute approximate surface area is 197 Å². The molecule has 34 heavy (non-hydrogen) atoms. The van der Waals surface area contributed by atoms with Crippen molar-refractivity contribution < 1.29 is 28.4 Å². The molecular formula is C26H24NO6P. The standard InChI is InChI=1S/C26H24NO6P/c1-32-24(29)21-14-8-9-15-22(21)27-23(28)18-33-25(30)26(16-17-26)34(31,19-10-4-2-5-11-19)20-12-6-3-7-13-20/h2-15H,16-18H2,1H3,(H,27,28). The largest absolute Gasteiger partial charge is 0.465 e. The lowest BCUT2D eigenvalue weighted by Crippen LogP contribution is -2.36. The SMILES string of the molecule is COC(=O)c1ccccc1NC(=O)COC(=O)C1(P(=O)(c2ccccc2)c2ccccc2)CC1. The molecule has 1 amide bonds. The monoisotopic (exact) mass is 477 g/mol. The summed E-state index contributed by atoms with van der Waals surface area (Å²) >= 11 is 0. The number of anilines is 1. The average Bonchev–Trinajstić information content (AvgIpc) is 3.70. The molecule has 0 aromatic heterocycles. The van der Waals surface area contributed by atoms with Gasteiger partial charge >= 0.3 is 11.9 Å². The zero-order valence-corrected chi connectivity index (χ0v) is 19.5. The van der Waals surface area contributed by atoms with E-state index in [1.165, 1.54) is 13.2 Å². The molecule has 3 aromatic carbocycles. The van der Waals surface area contributed by atoms with E-state index in [9.17, 15) is 18.9 Å². The van der Waals surface area contributed by atoms with E-state index in [4.69, 9.17) is 9.47 Å². The fraction of sp³-hybridized carbons (Fsp3) is 0.192. The summed E-state index contributed by atoms with van der Waals surface area (Å²) in [5.41, 5.74) is 0.428. The van der Waals surface area contributed by atoms with Gasteiger partial charge in [0, 0.05) is 10.6 Å². The van der Waals surface area contributed by atoms with Crippen LogP contribution in [0.5, 0.6) is 0 Å². The highest BCUT2D eigenvalue weighted by Crippen LogP contribution is 2.68. The molecule has 0 radical (unpaired) electrons. The maximum Gasteiger partial charge on any atom is 0.339 e. The van der Waals surface area contributed by atoms with E-state index >= 15 is 0 Å². The second kappa shape index (κ2) is 9.65. The number of methoxy groups -OCH3 is 1. The van der Waals surface area contributed by atoms with Gasteiger partial charge in [0.05, 0.1) is 18.4 Å². The zero-order valence-electron chi connectivity index (χ0n) is 18.6. The predicted octanol–water partition coefficient (Wildman–Crippen LogP) is 3.50. The van der Waals surface area contributed by atoms with Gasteiger partial charge in [-0.05, 0) is 25.0 Å². The Morgan fingerprint density at radius 2 is 1.38 bits per heavy atom. The summed E-state index contributed by atoms with van der Waals surface area (Å²) in [6, 6.07) is 24.2. The fourth-order valence-corrected chi connectivity index (χ4v) is 7.55. The maximum absolute atomic E-state index is 14.6. The van der Waals surface area contributed by atoms with Crippen molar-refractivity contribution in [3.8, 4) is 0 Å². The van der Waals surface area contributed by atoms with Crippen molar-refractivity contribution in [1.82, 2.24) is 0 Å². The molecule has 0 bridgehead atoms. The number of carbonyl (C=O) groups is 3. The molecule has 3 aromatic rings. The molecule has 1 fully saturated rings. The number of hydrogen-bond donors (Lipinski definition) is 1. The Hall–Kier alpha value is -3.70. The van der Waals surface area contributed by atoms with Crippen LogP contribution in [0.1, 0.15) is 23.2 Å². The minimum absolute atomic E-state index is 0.181. The van der Waals surface area contributed by atoms with Crippen molar-refractivity contribution in [1.29, 1.82) is 0 Å². The highest BCUT2D eigenvalue weighted by Gasteiger charge is 2.65. The van der Waals surface area contributed by atoms with Crippen LogP contribution >= 0.6 is 7.14 Å². The van der Waals surface area contributed by atoms with Gasteiger partial charge in [-0.2, -0.15) is 0 Å². The van der Waals surface area contributed by atoms with Crippen molar-refractivity contribution in [2.24, 2.45) is 0 Å². The molecule has 1 N–H and O–H groups in total. The first-order valence-corrected chi connectivity index (χ1v) is 12.5. The third-order valence-electron chi connectivity index (χ3n) is 5.89. The number of amides is 1. The highest BCUT2D eigenvalue weighted by atomic mass is 31.2. The molecule has 174 valence electrons. The Balaban J connectivity index is 1.53. The van der Waals surface area contributed by atoms with Gasteiger partial charge in [-0.25, -0.2) is 4.79 Å². The van der Waals surface area contributed by atoms with Gasteiger partial charge in [-0.1, -0.05) is 72.8 Å². The lowest BCUT2D eigenvalue weighted by atomic mass is 10.2. The molecule has 0 unspecified atom stereocenters. The van der Waals surface area contributed by atoms with E-state index in [0.717, 1.165) is 0 Å². The van der Waals surface area contributed by atoms with E-state index in [2.05, 4.69) is 5.32 Å². The molecular weight excluding hydrogens is 453 g/mol. The molecule has 0 atom stereocenters. The number of carbonyl (C=O) groups excluding carboxylic acids is 3. The maximum atomic E-state index is 14.6. The predicted molar refractivity (Wildman–Crippen MR) is 129 cm³/mol. The van der Waals surface area contributed by atoms with Gasteiger partial charge in [0.25, 0.3) is 5.91 Å². The number of rotatable bonds is 8. The van der Waals surface area contributed by atoms with Gasteiger partial charge in [0.15, 0.2) is 13.7 Å². The van der Waals surface area contributed by atoms with E-state index in [0.29, 0.717) is 23.5 Å². The Kier molecular flexibility index (Phi) is 6.66. The van der Waals surface area contributed by atoms with Crippen LogP contribution in [0.15, 0.2) is 84.9 Å². The first-order chi connectivity index (χ1) is 16.4. The first-order valence-electron chi connectivity index (χ1n) is 10.8. The summed E-state index contributed by atoms with van der Waals surface area (Å²) in [5.74, 6) is -1.88. The Bertz CT molecular complexity index is 1210. The van der Waals surface area contributed by atoms with Crippen molar-refractivity contribution >= 4 is 41.3 Å². The van der Waals surface area contributed by atoms with Gasteiger partial charge < -0.3 is 19.4 Å². The molecule has 4 rings (SSSR count). The Morgan fingerprint density at radius 1 is 0.853 bits per heavy atom. The third kappa shape index (κ3) is 4.27. The third-order valence-corrected chi connectivity index (χ3v) is 9.77. The van der Waals surface area contributed by atoms with Crippen molar-refractivity contribution in [2.45, 2.75) is 18.0 Å². The van der Waals surface area contributed by atoms with Crippen LogP contribution in [0.25, 0.3) is 0 Å². The summed E-state index contributed by atoms with van der Waals surface area (Å²) in [6.45, 7) is -0.570. The quantitative estimate of drug-likeness (QED) is 0.394. The fourth-order valence-electron chi connectivity index (χ4n) is 4.02. The van der Waals surface area contributed by atoms with Crippen LogP contribution in [-0.2, 0) is 23.6 Å². The van der Waals surface area contributed by atoms with Gasteiger partial charge in [-0.3, -0.25) is 9.59 Å². The van der Waals surface area contributed by atoms with Crippen LogP contribution in [0, 0.1) is 0 Å². The second-order valence-electron chi connectivity index (χ2n) is 7.97. The van der Waals surface area contributed by atoms with E-state index in [1.54, 1.807) is 66.7 Å². The van der Waals surface area contributed by atoms with Crippen LogP contribution in [0.4, 0.5) is 5.69 Å². The second-order valence-corrected chi connectivity index (χ2v) is 11.1. The van der Waals surface area contributed by atoms with E-state index < -0.39 is 36.8 Å². The Morgan fingerprint density at radius 3 is 1.91 bits per heavy atom. The molecule has 7 nitrogen and oxygen atoms in total. The summed E-state index contributed by atoms with van der Waals surface area (Å²) in [4.78, 5) is 37.7.